The predicted octanol–water partition coefficient (Wildman–Crippen LogP) is 3.49. The van der Waals surface area contributed by atoms with Gasteiger partial charge >= 0.3 is 0 Å². The number of carbonyl (C=O) groups is 2. The van der Waals surface area contributed by atoms with Crippen LogP contribution < -0.4 is 5.32 Å². The van der Waals surface area contributed by atoms with Gasteiger partial charge < -0.3 is 10.2 Å². The third-order valence-corrected chi connectivity index (χ3v) is 3.97. The zero-order valence-corrected chi connectivity index (χ0v) is 14.9. The van der Waals surface area contributed by atoms with Gasteiger partial charge in [-0.05, 0) is 49.6 Å². The minimum absolute atomic E-state index is 0.0534. The number of hydrogen-bond donors (Lipinski definition) is 1. The summed E-state index contributed by atoms with van der Waals surface area (Å²) in [6.07, 6.45) is 0.359. The molecule has 0 aromatic heterocycles. The van der Waals surface area contributed by atoms with Crippen molar-refractivity contribution in [2.45, 2.75) is 27.2 Å². The Hall–Kier alpha value is -2.62. The highest BCUT2D eigenvalue weighted by atomic mass is 16.2. The van der Waals surface area contributed by atoms with Gasteiger partial charge in [-0.2, -0.15) is 0 Å². The first kappa shape index (κ1) is 17.7. The summed E-state index contributed by atoms with van der Waals surface area (Å²) in [6.45, 7) is 5.92. The number of amides is 2. The molecule has 0 aliphatic carbocycles. The van der Waals surface area contributed by atoms with Crippen molar-refractivity contribution in [3.05, 3.63) is 64.2 Å². The van der Waals surface area contributed by atoms with Crippen LogP contribution >= 0.6 is 0 Å². The maximum absolute atomic E-state index is 12.5. The Labute approximate surface area is 143 Å². The minimum atomic E-state index is -0.109. The molecule has 2 aromatic carbocycles. The van der Waals surface area contributed by atoms with Gasteiger partial charge in [0.15, 0.2) is 0 Å². The van der Waals surface area contributed by atoms with E-state index < -0.39 is 0 Å². The quantitative estimate of drug-likeness (QED) is 0.936. The minimum Gasteiger partial charge on any atom is -0.349 e. The molecule has 0 unspecified atom stereocenters. The van der Waals surface area contributed by atoms with Gasteiger partial charge in [0, 0.05) is 25.3 Å². The largest absolute Gasteiger partial charge is 0.349 e. The molecule has 4 heteroatoms. The number of likely N-dealkylation sites (N-methyl/N-ethyl adjacent to an activating group) is 1. The molecule has 24 heavy (non-hydrogen) atoms. The highest BCUT2D eigenvalue weighted by Gasteiger charge is 2.13. The maximum Gasteiger partial charge on any atom is 0.256 e. The Balaban J connectivity index is 2.12. The summed E-state index contributed by atoms with van der Waals surface area (Å²) in [6, 6.07) is 11.4. The van der Waals surface area contributed by atoms with Crippen LogP contribution in [0.1, 0.15) is 32.6 Å². The summed E-state index contributed by atoms with van der Waals surface area (Å²) in [5, 5.41) is 2.93. The third-order valence-electron chi connectivity index (χ3n) is 3.97. The van der Waals surface area contributed by atoms with E-state index in [1.54, 1.807) is 19.0 Å². The molecule has 2 amide bonds. The molecule has 1 N–H and O–H groups in total. The Morgan fingerprint density at radius 1 is 0.958 bits per heavy atom. The maximum atomic E-state index is 12.5. The molecule has 0 radical (unpaired) electrons. The Kier molecular flexibility index (Phi) is 5.39. The number of nitrogens with zero attached hydrogens (tertiary/aromatic N) is 1. The van der Waals surface area contributed by atoms with Crippen LogP contribution in [0.25, 0.3) is 0 Å². The van der Waals surface area contributed by atoms with Crippen molar-refractivity contribution < 1.29 is 9.59 Å². The second-order valence-corrected chi connectivity index (χ2v) is 6.39. The number of nitrogens with one attached hydrogen (secondary N) is 1. The molecule has 0 atom stereocenters. The smallest absolute Gasteiger partial charge is 0.256 e. The fourth-order valence-electron chi connectivity index (χ4n) is 2.77. The van der Waals surface area contributed by atoms with E-state index in [2.05, 4.69) is 5.32 Å². The number of rotatable bonds is 4. The second-order valence-electron chi connectivity index (χ2n) is 6.39. The SMILES string of the molecule is Cc1cc(C)c(C(=O)Nc2ccc(CC(=O)N(C)C)cc2)c(C)c1. The topological polar surface area (TPSA) is 49.4 Å². The van der Waals surface area contributed by atoms with Crippen LogP contribution in [0, 0.1) is 20.8 Å². The van der Waals surface area contributed by atoms with Gasteiger partial charge in [-0.25, -0.2) is 0 Å². The lowest BCUT2D eigenvalue weighted by Crippen LogP contribution is -2.23. The number of hydrogen-bond acceptors (Lipinski definition) is 2. The van der Waals surface area contributed by atoms with Crippen LogP contribution in [0.5, 0.6) is 0 Å². The molecule has 2 rings (SSSR count). The van der Waals surface area contributed by atoms with Gasteiger partial charge in [-0.3, -0.25) is 9.59 Å². The highest BCUT2D eigenvalue weighted by molar-refractivity contribution is 6.06. The summed E-state index contributed by atoms with van der Waals surface area (Å²) in [7, 11) is 3.48. The zero-order chi connectivity index (χ0) is 17.9. The van der Waals surface area contributed by atoms with E-state index >= 15 is 0 Å². The van der Waals surface area contributed by atoms with Gasteiger partial charge in [0.05, 0.1) is 6.42 Å². The molecule has 0 saturated carbocycles. The normalized spacial score (nSPS) is 10.4. The van der Waals surface area contributed by atoms with Crippen LogP contribution in [0.2, 0.25) is 0 Å². The number of carbonyl (C=O) groups excluding carboxylic acids is 2. The molecule has 0 heterocycles. The van der Waals surface area contributed by atoms with Crippen molar-refractivity contribution in [3.8, 4) is 0 Å². The van der Waals surface area contributed by atoms with E-state index in [4.69, 9.17) is 0 Å². The third kappa shape index (κ3) is 4.22. The first-order chi connectivity index (χ1) is 11.3. The fraction of sp³-hybridized carbons (Fsp3) is 0.300. The van der Waals surface area contributed by atoms with Crippen molar-refractivity contribution in [1.82, 2.24) is 4.90 Å². The summed E-state index contributed by atoms with van der Waals surface area (Å²) in [5.41, 5.74) is 5.45. The van der Waals surface area contributed by atoms with Gasteiger partial charge in [0.1, 0.15) is 0 Å². The Bertz CT molecular complexity index is 739. The van der Waals surface area contributed by atoms with E-state index in [9.17, 15) is 9.59 Å². The average Bonchev–Trinajstić information content (AvgIpc) is 2.48. The van der Waals surface area contributed by atoms with Gasteiger partial charge in [0.25, 0.3) is 5.91 Å². The molecule has 2 aromatic rings. The molecular formula is C20H24N2O2. The first-order valence-electron chi connectivity index (χ1n) is 7.96. The van der Waals surface area contributed by atoms with E-state index in [0.717, 1.165) is 27.9 Å². The molecule has 126 valence electrons. The predicted molar refractivity (Wildman–Crippen MR) is 97.4 cm³/mol. The molecule has 4 nitrogen and oxygen atoms in total. The summed E-state index contributed by atoms with van der Waals surface area (Å²) in [4.78, 5) is 25.8. The van der Waals surface area contributed by atoms with Crippen LogP contribution in [-0.2, 0) is 11.2 Å². The van der Waals surface area contributed by atoms with Crippen LogP contribution in [0.3, 0.4) is 0 Å². The summed E-state index contributed by atoms with van der Waals surface area (Å²) >= 11 is 0. The van der Waals surface area contributed by atoms with E-state index in [0.29, 0.717) is 12.0 Å². The molecule has 0 saturated heterocycles. The fourth-order valence-corrected chi connectivity index (χ4v) is 2.77. The summed E-state index contributed by atoms with van der Waals surface area (Å²) < 4.78 is 0. The lowest BCUT2D eigenvalue weighted by molar-refractivity contribution is -0.127. The number of anilines is 1. The monoisotopic (exact) mass is 324 g/mol. The van der Waals surface area contributed by atoms with E-state index in [-0.39, 0.29) is 11.8 Å². The lowest BCUT2D eigenvalue weighted by Gasteiger charge is -2.13. The molecule has 0 aliphatic rings. The van der Waals surface area contributed by atoms with E-state index in [1.165, 1.54) is 0 Å². The lowest BCUT2D eigenvalue weighted by atomic mass is 9.99. The first-order valence-corrected chi connectivity index (χ1v) is 7.96. The Morgan fingerprint density at radius 2 is 1.50 bits per heavy atom. The molecule has 0 aliphatic heterocycles. The van der Waals surface area contributed by atoms with Crippen molar-refractivity contribution in [3.63, 3.8) is 0 Å². The van der Waals surface area contributed by atoms with Crippen molar-refractivity contribution in [2.24, 2.45) is 0 Å². The Morgan fingerprint density at radius 3 is 2.00 bits per heavy atom. The molecule has 0 bridgehead atoms. The molecule has 0 spiro atoms. The van der Waals surface area contributed by atoms with E-state index in [1.807, 2.05) is 57.2 Å². The number of aryl methyl sites for hydroxylation is 3. The van der Waals surface area contributed by atoms with Crippen LogP contribution in [0.4, 0.5) is 5.69 Å². The standard InChI is InChI=1S/C20H24N2O2/c1-13-10-14(2)19(15(3)11-13)20(24)21-17-8-6-16(7-9-17)12-18(23)22(4)5/h6-11H,12H2,1-5H3,(H,21,24). The van der Waals surface area contributed by atoms with Gasteiger partial charge in [-0.1, -0.05) is 29.8 Å². The second kappa shape index (κ2) is 7.30. The van der Waals surface area contributed by atoms with Crippen molar-refractivity contribution in [1.29, 1.82) is 0 Å². The molecular weight excluding hydrogens is 300 g/mol. The van der Waals surface area contributed by atoms with Gasteiger partial charge in [0.2, 0.25) is 5.91 Å². The number of benzene rings is 2. The zero-order valence-electron chi connectivity index (χ0n) is 14.9. The highest BCUT2D eigenvalue weighted by Crippen LogP contribution is 2.19. The van der Waals surface area contributed by atoms with Crippen molar-refractivity contribution in [2.75, 3.05) is 19.4 Å². The molecule has 0 fully saturated rings. The average molecular weight is 324 g/mol. The van der Waals surface area contributed by atoms with Crippen LogP contribution in [0.15, 0.2) is 36.4 Å². The summed E-state index contributed by atoms with van der Waals surface area (Å²) in [5.74, 6) is -0.0557. The van der Waals surface area contributed by atoms with Crippen LogP contribution in [-0.4, -0.2) is 30.8 Å². The van der Waals surface area contributed by atoms with Crippen molar-refractivity contribution >= 4 is 17.5 Å². The van der Waals surface area contributed by atoms with Gasteiger partial charge in [-0.15, -0.1) is 0 Å².